The molecule has 6 heterocycles. The minimum Gasteiger partial charge on any atom is -0.473 e. The molecule has 2 amide bonds. The molecular formula is C74H62F6N6O12. The molecule has 24 heteroatoms. The van der Waals surface area contributed by atoms with Gasteiger partial charge < -0.3 is 47.1 Å². The van der Waals surface area contributed by atoms with Crippen molar-refractivity contribution in [3.8, 4) is 46.4 Å². The van der Waals surface area contributed by atoms with Crippen LogP contribution in [0.3, 0.4) is 0 Å². The smallest absolute Gasteiger partial charge is 0.417 e. The summed E-state index contributed by atoms with van der Waals surface area (Å²) >= 11 is 0. The topological polar surface area (TPSA) is 208 Å². The van der Waals surface area contributed by atoms with Gasteiger partial charge in [-0.25, -0.2) is 19.6 Å². The Morgan fingerprint density at radius 3 is 1.11 bits per heavy atom. The number of carbonyl (C=O) groups excluding carboxylic acids is 4. The van der Waals surface area contributed by atoms with Crippen molar-refractivity contribution in [2.75, 3.05) is 39.4 Å². The van der Waals surface area contributed by atoms with Crippen LogP contribution in [0, 0.1) is 21.7 Å². The summed E-state index contributed by atoms with van der Waals surface area (Å²) in [5.74, 6) is -3.46. The Morgan fingerprint density at radius 1 is 0.418 bits per heavy atom. The largest absolute Gasteiger partial charge is 0.473 e. The molecule has 2 atom stereocenters. The monoisotopic (exact) mass is 1340 g/mol. The van der Waals surface area contributed by atoms with Crippen LogP contribution in [-0.2, 0) is 45.5 Å². The van der Waals surface area contributed by atoms with Crippen LogP contribution < -0.4 is 18.9 Å². The quantitative estimate of drug-likeness (QED) is 0.0395. The van der Waals surface area contributed by atoms with Gasteiger partial charge >= 0.3 is 24.3 Å². The zero-order valence-electron chi connectivity index (χ0n) is 52.5. The summed E-state index contributed by atoms with van der Waals surface area (Å²) in [6.45, 7) is -1.99. The Bertz CT molecular complexity index is 4310. The number of nitrogens with zero attached hydrogens (tertiary/aromatic N) is 6. The van der Waals surface area contributed by atoms with Gasteiger partial charge in [0.15, 0.2) is 11.2 Å². The molecular weight excluding hydrogens is 1280 g/mol. The average molecular weight is 1340 g/mol. The van der Waals surface area contributed by atoms with E-state index >= 15 is 26.3 Å². The van der Waals surface area contributed by atoms with Crippen molar-refractivity contribution in [2.24, 2.45) is 21.7 Å². The summed E-state index contributed by atoms with van der Waals surface area (Å²) in [7, 11) is 0. The van der Waals surface area contributed by atoms with E-state index in [4.69, 9.17) is 37.3 Å². The van der Waals surface area contributed by atoms with E-state index in [1.54, 1.807) is 36.4 Å². The number of carbonyl (C=O) groups is 4. The van der Waals surface area contributed by atoms with E-state index < -0.39 is 96.7 Å². The van der Waals surface area contributed by atoms with E-state index in [1.807, 2.05) is 121 Å². The highest BCUT2D eigenvalue weighted by molar-refractivity contribution is 6.29. The third-order valence-electron chi connectivity index (χ3n) is 19.0. The standard InChI is InChI=1S/C74H62F6N6O12/c75-73(76,77)71(31-29-69(39-71)41-85(42-69)65(87)51-21-25-55-57(33-51)97-63(81-55)53-23-27-59(91-35-47-13-5-1-6-14-47)83-61(53)93-37-49-17-9-3-10-18-49)45-95-67(89)68(90)96-46-72(74(78,79)80)32-30-70(40-72)43-86(44-70)66(88)52-22-26-56-58(34-52)98-64(82-56)54-24-28-60(92-36-48-15-7-2-8-16-48)84-62(54)94-38-50-19-11-4-12-20-50/h1-28,33-34H,29-32,35-46H2. The first-order valence-electron chi connectivity index (χ1n) is 31.8. The third kappa shape index (κ3) is 13.3. The van der Waals surface area contributed by atoms with Gasteiger partial charge in [-0.1, -0.05) is 121 Å². The number of aromatic nitrogens is 4. The number of fused-ring (bicyclic) bond motifs is 2. The molecule has 10 aromatic rings. The lowest BCUT2D eigenvalue weighted by Gasteiger charge is -2.49. The number of rotatable bonds is 20. The Labute approximate surface area is 556 Å². The fourth-order valence-electron chi connectivity index (χ4n) is 13.8. The molecule has 14 rings (SSSR count). The van der Waals surface area contributed by atoms with E-state index in [0.717, 1.165) is 22.3 Å². The second kappa shape index (κ2) is 26.0. The highest BCUT2D eigenvalue weighted by Crippen LogP contribution is 2.62. The van der Waals surface area contributed by atoms with Crippen LogP contribution >= 0.6 is 0 Å². The molecule has 2 saturated heterocycles. The van der Waals surface area contributed by atoms with Crippen LogP contribution in [-0.4, -0.2) is 105 Å². The van der Waals surface area contributed by atoms with Gasteiger partial charge in [0, 0.05) is 60.3 Å². The maximum absolute atomic E-state index is 15.1. The number of oxazole rings is 2. The minimum atomic E-state index is -4.95. The number of alkyl halides is 6. The van der Waals surface area contributed by atoms with Crippen LogP contribution in [0.1, 0.15) is 81.5 Å². The fraction of sp³-hybridized carbons (Fsp3) is 0.297. The molecule has 4 aliphatic rings. The second-order valence-corrected chi connectivity index (χ2v) is 25.9. The van der Waals surface area contributed by atoms with Crippen molar-refractivity contribution < 1.29 is 82.8 Å². The average Bonchev–Trinajstić information content (AvgIpc) is 1.56. The molecule has 0 radical (unpaired) electrons. The fourth-order valence-corrected chi connectivity index (χ4v) is 13.8. The molecule has 2 spiro atoms. The molecule has 18 nitrogen and oxygen atoms in total. The first-order chi connectivity index (χ1) is 47.2. The van der Waals surface area contributed by atoms with E-state index in [-0.39, 0.29) is 111 Å². The van der Waals surface area contributed by atoms with Crippen molar-refractivity contribution in [1.82, 2.24) is 29.7 Å². The predicted molar refractivity (Wildman–Crippen MR) is 341 cm³/mol. The number of esters is 2. The molecule has 502 valence electrons. The highest BCUT2D eigenvalue weighted by atomic mass is 19.4. The Morgan fingerprint density at radius 2 is 0.765 bits per heavy atom. The first-order valence-corrected chi connectivity index (χ1v) is 31.8. The maximum Gasteiger partial charge on any atom is 0.417 e. The molecule has 98 heavy (non-hydrogen) atoms. The summed E-state index contributed by atoms with van der Waals surface area (Å²) in [4.78, 5) is 75.5. The number of halogens is 6. The summed E-state index contributed by atoms with van der Waals surface area (Å²) in [5, 5.41) is 0. The summed E-state index contributed by atoms with van der Waals surface area (Å²) in [6, 6.07) is 54.0. The van der Waals surface area contributed by atoms with Crippen LogP contribution in [0.2, 0.25) is 0 Å². The molecule has 0 bridgehead atoms. The minimum absolute atomic E-state index is 0.00791. The van der Waals surface area contributed by atoms with Crippen LogP contribution in [0.4, 0.5) is 26.3 Å². The first kappa shape index (κ1) is 64.6. The van der Waals surface area contributed by atoms with E-state index in [1.165, 1.54) is 34.1 Å². The molecule has 4 aromatic heterocycles. The molecule has 6 aromatic carbocycles. The van der Waals surface area contributed by atoms with Crippen LogP contribution in [0.5, 0.6) is 23.5 Å². The lowest BCUT2D eigenvalue weighted by molar-refractivity contribution is -0.246. The number of hydrogen-bond acceptors (Lipinski definition) is 16. The number of benzene rings is 6. The molecule has 2 saturated carbocycles. The Kier molecular flexibility index (Phi) is 17.1. The number of likely N-dealkylation sites (tertiary alicyclic amines) is 2. The maximum atomic E-state index is 15.1. The lowest BCUT2D eigenvalue weighted by atomic mass is 9.74. The highest BCUT2D eigenvalue weighted by Gasteiger charge is 2.67. The number of pyridine rings is 2. The summed E-state index contributed by atoms with van der Waals surface area (Å²) in [6.07, 6.45) is -12.1. The lowest BCUT2D eigenvalue weighted by Crippen LogP contribution is -2.58. The zero-order chi connectivity index (χ0) is 67.9. The number of amides is 2. The van der Waals surface area contributed by atoms with Gasteiger partial charge in [-0.3, -0.25) is 9.59 Å². The van der Waals surface area contributed by atoms with Gasteiger partial charge in [0.1, 0.15) is 61.5 Å². The summed E-state index contributed by atoms with van der Waals surface area (Å²) < 4.78 is 137. The van der Waals surface area contributed by atoms with Gasteiger partial charge in [0.05, 0.1) is 11.1 Å². The normalized spacial score (nSPS) is 18.5. The van der Waals surface area contributed by atoms with E-state index in [2.05, 4.69) is 19.9 Å². The Hall–Kier alpha value is -10.8. The third-order valence-corrected chi connectivity index (χ3v) is 19.0. The molecule has 0 N–H and O–H groups in total. The Balaban J connectivity index is 0.576. The van der Waals surface area contributed by atoms with Crippen molar-refractivity contribution in [3.05, 3.63) is 215 Å². The van der Waals surface area contributed by atoms with Gasteiger partial charge in [0.2, 0.25) is 35.3 Å². The van der Waals surface area contributed by atoms with Gasteiger partial charge in [-0.2, -0.15) is 36.3 Å². The van der Waals surface area contributed by atoms with Crippen molar-refractivity contribution in [3.63, 3.8) is 0 Å². The molecule has 2 aliphatic heterocycles. The van der Waals surface area contributed by atoms with Crippen molar-refractivity contribution >= 4 is 46.0 Å². The zero-order valence-corrected chi connectivity index (χ0v) is 52.5. The van der Waals surface area contributed by atoms with Gasteiger partial charge in [0.25, 0.3) is 11.8 Å². The van der Waals surface area contributed by atoms with Gasteiger partial charge in [-0.15, -0.1) is 0 Å². The number of ether oxygens (including phenoxy) is 6. The van der Waals surface area contributed by atoms with Crippen molar-refractivity contribution in [2.45, 2.75) is 77.3 Å². The predicted octanol–water partition coefficient (Wildman–Crippen LogP) is 14.5. The van der Waals surface area contributed by atoms with E-state index in [0.29, 0.717) is 33.9 Å². The second-order valence-electron chi connectivity index (χ2n) is 25.9. The molecule has 2 aliphatic carbocycles. The molecule has 4 fully saturated rings. The summed E-state index contributed by atoms with van der Waals surface area (Å²) in [5.41, 5.74) is -1.19. The van der Waals surface area contributed by atoms with E-state index in [9.17, 15) is 19.2 Å². The molecule has 2 unspecified atom stereocenters. The van der Waals surface area contributed by atoms with Crippen LogP contribution in [0.25, 0.3) is 45.1 Å². The van der Waals surface area contributed by atoms with Gasteiger partial charge in [-0.05, 0) is 109 Å². The van der Waals surface area contributed by atoms with Crippen LogP contribution in [0.15, 0.2) is 191 Å². The SMILES string of the molecule is O=C(OCC1(C(F)(F)F)CCC2(CN(C(=O)c3ccc4nc(-c5ccc(OCc6ccccc6)nc5OCc5ccccc5)oc4c3)C2)C1)C(=O)OCC1(C(F)(F)F)CCC2(CN(C(=O)c3ccc4nc(-c5ccc(OCc6ccccc6)nc5OCc5ccccc5)oc4c3)C2)C1. The number of hydrogen-bond donors (Lipinski definition) is 0. The van der Waals surface area contributed by atoms with Crippen molar-refractivity contribution in [1.29, 1.82) is 0 Å².